The van der Waals surface area contributed by atoms with E-state index in [0.29, 0.717) is 64.3 Å². The quantitative estimate of drug-likeness (QED) is 0.309. The minimum absolute atomic E-state index is 0.225. The average Bonchev–Trinajstić information content (AvgIpc) is 2.91. The van der Waals surface area contributed by atoms with Gasteiger partial charge in [0.25, 0.3) is 0 Å². The number of pyridine rings is 1. The summed E-state index contributed by atoms with van der Waals surface area (Å²) in [6, 6.07) is 7.13. The molecule has 4 N–H and O–H groups in total. The van der Waals surface area contributed by atoms with E-state index in [0.717, 1.165) is 33.8 Å². The number of ether oxygens (including phenoxy) is 1. The van der Waals surface area contributed by atoms with Gasteiger partial charge in [0.15, 0.2) is 11.6 Å². The van der Waals surface area contributed by atoms with Crippen LogP contribution in [0, 0.1) is 22.9 Å². The number of carboxylic acids is 1. The van der Waals surface area contributed by atoms with Gasteiger partial charge in [-0.05, 0) is 74.5 Å². The van der Waals surface area contributed by atoms with Crippen molar-refractivity contribution in [2.24, 2.45) is 11.1 Å². The topological polar surface area (TPSA) is 101 Å². The van der Waals surface area contributed by atoms with Crippen LogP contribution in [0.15, 0.2) is 36.5 Å². The molecule has 0 radical (unpaired) electrons. The van der Waals surface area contributed by atoms with Crippen LogP contribution in [0.2, 0.25) is 0 Å². The number of nitrogens with zero attached hydrogens (tertiary/aromatic N) is 2. The number of nitrogens with two attached hydrogens (primary N) is 1. The maximum atomic E-state index is 13.9. The molecule has 204 valence electrons. The molecule has 0 spiro atoms. The highest BCUT2D eigenvalue weighted by atomic mass is 19.2. The van der Waals surface area contributed by atoms with E-state index in [9.17, 15) is 23.1 Å². The predicted octanol–water partition coefficient (Wildman–Crippen LogP) is 4.72. The smallest absolute Gasteiger partial charge is 0.309 e. The number of fused-ring (bicyclic) bond motifs is 1. The lowest BCUT2D eigenvalue weighted by molar-refractivity contribution is -0.152. The van der Waals surface area contributed by atoms with E-state index in [2.05, 4.69) is 15.2 Å². The molecule has 0 saturated carbocycles. The molecule has 10 heteroatoms. The summed E-state index contributed by atoms with van der Waals surface area (Å²) in [6.45, 7) is 2.25. The maximum absolute atomic E-state index is 13.9. The van der Waals surface area contributed by atoms with Crippen molar-refractivity contribution < 1.29 is 27.8 Å². The van der Waals surface area contributed by atoms with Crippen molar-refractivity contribution >= 4 is 22.6 Å². The summed E-state index contributed by atoms with van der Waals surface area (Å²) < 4.78 is 46.0. The third-order valence-corrected chi connectivity index (χ3v) is 7.58. The summed E-state index contributed by atoms with van der Waals surface area (Å²) in [4.78, 5) is 18.9. The van der Waals surface area contributed by atoms with Gasteiger partial charge in [-0.3, -0.25) is 9.78 Å². The number of nitrogens with one attached hydrogen (secondary N) is 1. The molecule has 7 nitrogen and oxygen atoms in total. The molecular weight excluding hydrogens is 497 g/mol. The second-order valence-corrected chi connectivity index (χ2v) is 9.81. The van der Waals surface area contributed by atoms with E-state index in [4.69, 9.17) is 10.5 Å². The number of piperidine rings is 1. The Morgan fingerprint density at radius 3 is 2.66 bits per heavy atom. The Hall–Kier alpha value is -3.37. The fraction of sp³-hybridized carbons (Fsp3) is 0.429. The SMILES string of the molecule is COc1ccc2ncc(CN)c(CCCC3(C(=O)O)CCN(CCNc4cc(F)cc(F)c4F)CC3)c2c1. The first kappa shape index (κ1) is 27.7. The average molecular weight is 531 g/mol. The summed E-state index contributed by atoms with van der Waals surface area (Å²) in [7, 11) is 1.61. The lowest BCUT2D eigenvalue weighted by atomic mass is 9.74. The molecule has 1 fully saturated rings. The Bertz CT molecular complexity index is 1290. The lowest BCUT2D eigenvalue weighted by Crippen LogP contribution is -2.45. The monoisotopic (exact) mass is 530 g/mol. The van der Waals surface area contributed by atoms with Crippen molar-refractivity contribution in [3.05, 3.63) is 65.1 Å². The van der Waals surface area contributed by atoms with Gasteiger partial charge in [0, 0.05) is 43.4 Å². The highest BCUT2D eigenvalue weighted by Gasteiger charge is 2.40. The van der Waals surface area contributed by atoms with Crippen LogP contribution < -0.4 is 15.8 Å². The fourth-order valence-electron chi connectivity index (χ4n) is 5.28. The summed E-state index contributed by atoms with van der Waals surface area (Å²) in [5.41, 5.74) is 7.78. The molecule has 38 heavy (non-hydrogen) atoms. The number of halogens is 3. The fourth-order valence-corrected chi connectivity index (χ4v) is 5.28. The number of benzene rings is 2. The van der Waals surface area contributed by atoms with Crippen molar-refractivity contribution in [1.82, 2.24) is 9.88 Å². The van der Waals surface area contributed by atoms with Crippen LogP contribution in [0.25, 0.3) is 10.9 Å². The molecule has 0 bridgehead atoms. The zero-order valence-corrected chi connectivity index (χ0v) is 21.4. The molecule has 1 aromatic heterocycles. The third-order valence-electron chi connectivity index (χ3n) is 7.58. The second-order valence-electron chi connectivity index (χ2n) is 9.81. The summed E-state index contributed by atoms with van der Waals surface area (Å²) in [6.07, 6.45) is 4.65. The molecule has 0 aliphatic carbocycles. The number of hydrogen-bond donors (Lipinski definition) is 3. The Morgan fingerprint density at radius 1 is 1.21 bits per heavy atom. The van der Waals surface area contributed by atoms with Crippen LogP contribution in [0.1, 0.15) is 36.8 Å². The van der Waals surface area contributed by atoms with Gasteiger partial charge in [0.2, 0.25) is 0 Å². The van der Waals surface area contributed by atoms with E-state index in [1.807, 2.05) is 18.2 Å². The number of rotatable bonds is 11. The van der Waals surface area contributed by atoms with Crippen LogP contribution in [-0.2, 0) is 17.8 Å². The van der Waals surface area contributed by atoms with Gasteiger partial charge < -0.3 is 25.8 Å². The van der Waals surface area contributed by atoms with E-state index in [-0.39, 0.29) is 12.2 Å². The largest absolute Gasteiger partial charge is 0.497 e. The minimum Gasteiger partial charge on any atom is -0.497 e. The number of hydrogen-bond acceptors (Lipinski definition) is 6. The first-order valence-corrected chi connectivity index (χ1v) is 12.7. The molecule has 1 aliphatic rings. The minimum atomic E-state index is -1.24. The van der Waals surface area contributed by atoms with E-state index in [1.165, 1.54) is 0 Å². The zero-order chi connectivity index (χ0) is 27.3. The maximum Gasteiger partial charge on any atom is 0.309 e. The molecule has 0 atom stereocenters. The normalized spacial score (nSPS) is 15.5. The van der Waals surface area contributed by atoms with Gasteiger partial charge in [-0.15, -0.1) is 0 Å². The third kappa shape index (κ3) is 6.02. The van der Waals surface area contributed by atoms with Gasteiger partial charge in [-0.2, -0.15) is 0 Å². The second kappa shape index (κ2) is 12.0. The van der Waals surface area contributed by atoms with Crippen LogP contribution in [0.3, 0.4) is 0 Å². The van der Waals surface area contributed by atoms with Crippen LogP contribution in [0.4, 0.5) is 18.9 Å². The number of aliphatic carboxylic acids is 1. The van der Waals surface area contributed by atoms with Gasteiger partial charge in [-0.1, -0.05) is 0 Å². The summed E-state index contributed by atoms with van der Waals surface area (Å²) in [5.74, 6) is -3.29. The van der Waals surface area contributed by atoms with E-state index >= 15 is 0 Å². The molecule has 2 aromatic carbocycles. The first-order valence-electron chi connectivity index (χ1n) is 12.7. The molecule has 1 aliphatic heterocycles. The highest BCUT2D eigenvalue weighted by molar-refractivity contribution is 5.84. The molecule has 0 amide bonds. The number of aromatic nitrogens is 1. The molecule has 0 unspecified atom stereocenters. The lowest BCUT2D eigenvalue weighted by Gasteiger charge is -2.39. The molecule has 4 rings (SSSR count). The number of anilines is 1. The van der Waals surface area contributed by atoms with Crippen LogP contribution >= 0.6 is 0 Å². The molecule has 1 saturated heterocycles. The Kier molecular flexibility index (Phi) is 8.73. The Morgan fingerprint density at radius 2 is 1.97 bits per heavy atom. The van der Waals surface area contributed by atoms with Gasteiger partial charge in [0.05, 0.1) is 23.7 Å². The van der Waals surface area contributed by atoms with Crippen LogP contribution in [-0.4, -0.2) is 54.2 Å². The predicted molar refractivity (Wildman–Crippen MR) is 140 cm³/mol. The number of carbonyl (C=O) groups is 1. The van der Waals surface area contributed by atoms with E-state index in [1.54, 1.807) is 13.3 Å². The summed E-state index contributed by atoms with van der Waals surface area (Å²) >= 11 is 0. The highest BCUT2D eigenvalue weighted by Crippen LogP contribution is 2.38. The first-order chi connectivity index (χ1) is 18.3. The Labute approximate surface area is 219 Å². The van der Waals surface area contributed by atoms with Crippen LogP contribution in [0.5, 0.6) is 5.75 Å². The number of methoxy groups -OCH3 is 1. The zero-order valence-electron chi connectivity index (χ0n) is 21.4. The number of carboxylic acid groups (broad SMARTS) is 1. The van der Waals surface area contributed by atoms with Gasteiger partial charge >= 0.3 is 5.97 Å². The molecule has 2 heterocycles. The van der Waals surface area contributed by atoms with Crippen molar-refractivity contribution in [3.8, 4) is 5.75 Å². The summed E-state index contributed by atoms with van der Waals surface area (Å²) in [5, 5.41) is 13.8. The van der Waals surface area contributed by atoms with Crippen molar-refractivity contribution in [2.75, 3.05) is 38.6 Å². The Balaban J connectivity index is 1.35. The number of likely N-dealkylation sites (tertiary alicyclic amines) is 1. The van der Waals surface area contributed by atoms with E-state index < -0.39 is 28.8 Å². The number of aryl methyl sites for hydroxylation is 1. The van der Waals surface area contributed by atoms with Gasteiger partial charge in [0.1, 0.15) is 11.6 Å². The van der Waals surface area contributed by atoms with Crippen molar-refractivity contribution in [1.29, 1.82) is 0 Å². The standard InChI is InChI=1S/C28H33F3N4O3/c1-38-20-4-5-24-22(15-20)21(18(16-32)17-34-24)3-2-6-28(27(36)37)7-10-35(11-8-28)12-9-33-25-14-19(29)13-23(30)26(25)31/h4-5,13-15,17,33H,2-3,6-12,16,32H2,1H3,(H,36,37). The van der Waals surface area contributed by atoms with Gasteiger partial charge in [-0.25, -0.2) is 13.2 Å². The molecular formula is C28H33F3N4O3. The molecule has 3 aromatic rings. The van der Waals surface area contributed by atoms with Crippen molar-refractivity contribution in [2.45, 2.75) is 38.6 Å². The van der Waals surface area contributed by atoms with Crippen molar-refractivity contribution in [3.63, 3.8) is 0 Å².